The number of carbonyl (C=O) groups is 2. The van der Waals surface area contributed by atoms with Crippen LogP contribution in [0.4, 0.5) is 10.2 Å². The summed E-state index contributed by atoms with van der Waals surface area (Å²) in [4.78, 5) is 27.9. The topological polar surface area (TPSA) is 185 Å². The number of aromatic nitrogens is 5. The van der Waals surface area contributed by atoms with Crippen molar-refractivity contribution in [1.82, 2.24) is 35.6 Å². The van der Waals surface area contributed by atoms with Crippen molar-refractivity contribution in [2.75, 3.05) is 38.6 Å². The van der Waals surface area contributed by atoms with Crippen LogP contribution >= 0.6 is 0 Å². The first-order valence-corrected chi connectivity index (χ1v) is 12.8. The van der Waals surface area contributed by atoms with Crippen molar-refractivity contribution in [3.63, 3.8) is 0 Å². The van der Waals surface area contributed by atoms with Gasteiger partial charge in [0.15, 0.2) is 17.2 Å². The lowest BCUT2D eigenvalue weighted by Crippen LogP contribution is -2.36. The molecule has 0 radical (unpaired) electrons. The molecule has 1 aliphatic rings. The average Bonchev–Trinajstić information content (AvgIpc) is 3.60. The van der Waals surface area contributed by atoms with Crippen LogP contribution in [0.1, 0.15) is 39.0 Å². The predicted octanol–water partition coefficient (Wildman–Crippen LogP) is 1.59. The number of anilines is 1. The molecule has 42 heavy (non-hydrogen) atoms. The fourth-order valence-electron chi connectivity index (χ4n) is 4.02. The SMILES string of the molecule is CCOc1cc(/C=N/NC(=O)c2c(CN3CCOCC3)nnn2-c2nonc2N)ccc1OC(=O)c1ccc(F)cc1. The summed E-state index contributed by atoms with van der Waals surface area (Å²) >= 11 is 0. The van der Waals surface area contributed by atoms with E-state index in [4.69, 9.17) is 19.9 Å². The van der Waals surface area contributed by atoms with Crippen molar-refractivity contribution < 1.29 is 32.8 Å². The lowest BCUT2D eigenvalue weighted by molar-refractivity contribution is 0.0335. The quantitative estimate of drug-likeness (QED) is 0.120. The van der Waals surface area contributed by atoms with E-state index in [0.717, 1.165) is 4.68 Å². The monoisotopic (exact) mass is 579 g/mol. The van der Waals surface area contributed by atoms with Crippen molar-refractivity contribution in [1.29, 1.82) is 0 Å². The van der Waals surface area contributed by atoms with Crippen LogP contribution in [0.5, 0.6) is 11.5 Å². The van der Waals surface area contributed by atoms with Gasteiger partial charge in [-0.05, 0) is 65.3 Å². The minimum atomic E-state index is -0.675. The van der Waals surface area contributed by atoms with E-state index in [1.165, 1.54) is 36.5 Å². The maximum atomic E-state index is 13.3. The van der Waals surface area contributed by atoms with E-state index in [-0.39, 0.29) is 34.4 Å². The highest BCUT2D eigenvalue weighted by molar-refractivity contribution is 5.95. The summed E-state index contributed by atoms with van der Waals surface area (Å²) in [6.07, 6.45) is 1.38. The zero-order valence-electron chi connectivity index (χ0n) is 22.4. The average molecular weight is 580 g/mol. The maximum Gasteiger partial charge on any atom is 0.343 e. The molecular formula is C26H26FN9O6. The molecule has 1 saturated heterocycles. The van der Waals surface area contributed by atoms with Gasteiger partial charge in [0.25, 0.3) is 5.91 Å². The number of esters is 1. The number of carbonyl (C=O) groups excluding carboxylic acids is 2. The normalized spacial score (nSPS) is 13.8. The minimum absolute atomic E-state index is 0.0111. The molecule has 3 N–H and O–H groups in total. The number of nitrogens with one attached hydrogen (secondary N) is 1. The summed E-state index contributed by atoms with van der Waals surface area (Å²) < 4.78 is 35.5. The van der Waals surface area contributed by atoms with Crippen LogP contribution in [0.15, 0.2) is 52.2 Å². The highest BCUT2D eigenvalue weighted by Gasteiger charge is 2.26. The van der Waals surface area contributed by atoms with Crippen LogP contribution < -0.4 is 20.6 Å². The number of nitrogen functional groups attached to an aromatic ring is 1. The molecular weight excluding hydrogens is 553 g/mol. The van der Waals surface area contributed by atoms with Crippen molar-refractivity contribution in [2.45, 2.75) is 13.5 Å². The van der Waals surface area contributed by atoms with Crippen LogP contribution in [-0.2, 0) is 11.3 Å². The molecule has 0 aliphatic carbocycles. The van der Waals surface area contributed by atoms with E-state index in [0.29, 0.717) is 50.7 Å². The van der Waals surface area contributed by atoms with Crippen LogP contribution in [0.2, 0.25) is 0 Å². The van der Waals surface area contributed by atoms with Crippen molar-refractivity contribution in [3.05, 3.63) is 70.8 Å². The largest absolute Gasteiger partial charge is 0.490 e. The maximum absolute atomic E-state index is 13.3. The van der Waals surface area contributed by atoms with Gasteiger partial charge >= 0.3 is 5.97 Å². The van der Waals surface area contributed by atoms with Gasteiger partial charge in [-0.15, -0.1) is 5.10 Å². The van der Waals surface area contributed by atoms with Gasteiger partial charge in [-0.3, -0.25) is 9.69 Å². The minimum Gasteiger partial charge on any atom is -0.490 e. The zero-order valence-corrected chi connectivity index (χ0v) is 22.4. The lowest BCUT2D eigenvalue weighted by atomic mass is 10.2. The molecule has 0 spiro atoms. The molecule has 5 rings (SSSR count). The number of nitrogens with zero attached hydrogens (tertiary/aromatic N) is 7. The molecule has 0 unspecified atom stereocenters. The highest BCUT2D eigenvalue weighted by Crippen LogP contribution is 2.29. The second kappa shape index (κ2) is 13.0. The third-order valence-corrected chi connectivity index (χ3v) is 6.06. The summed E-state index contributed by atoms with van der Waals surface area (Å²) in [6, 6.07) is 9.70. The van der Waals surface area contributed by atoms with Crippen LogP contribution in [0.3, 0.4) is 0 Å². The number of halogens is 1. The third kappa shape index (κ3) is 6.56. The second-order valence-corrected chi connectivity index (χ2v) is 8.89. The number of hydrogen-bond donors (Lipinski definition) is 2. The molecule has 1 amide bonds. The fourth-order valence-corrected chi connectivity index (χ4v) is 4.02. The van der Waals surface area contributed by atoms with Crippen LogP contribution in [0.25, 0.3) is 5.82 Å². The Morgan fingerprint density at radius 3 is 2.64 bits per heavy atom. The number of benzene rings is 2. The van der Waals surface area contributed by atoms with E-state index < -0.39 is 17.7 Å². The number of rotatable bonds is 10. The molecule has 1 aliphatic heterocycles. The lowest BCUT2D eigenvalue weighted by Gasteiger charge is -2.25. The van der Waals surface area contributed by atoms with E-state index >= 15 is 0 Å². The van der Waals surface area contributed by atoms with Gasteiger partial charge in [-0.1, -0.05) is 5.21 Å². The first-order valence-electron chi connectivity index (χ1n) is 12.8. The molecule has 0 bridgehead atoms. The second-order valence-electron chi connectivity index (χ2n) is 8.89. The van der Waals surface area contributed by atoms with Crippen molar-refractivity contribution in [2.24, 2.45) is 5.10 Å². The summed E-state index contributed by atoms with van der Waals surface area (Å²) in [5.41, 5.74) is 9.43. The molecule has 15 nitrogen and oxygen atoms in total. The first kappa shape index (κ1) is 28.3. The number of hydrogen-bond acceptors (Lipinski definition) is 13. The smallest absolute Gasteiger partial charge is 0.343 e. The zero-order chi connectivity index (χ0) is 29.5. The van der Waals surface area contributed by atoms with E-state index in [9.17, 15) is 14.0 Å². The highest BCUT2D eigenvalue weighted by atomic mass is 19.1. The fraction of sp³-hybridized carbons (Fsp3) is 0.269. The number of ether oxygens (including phenoxy) is 3. The van der Waals surface area contributed by atoms with Crippen molar-refractivity contribution >= 4 is 23.9 Å². The number of nitrogens with two attached hydrogens (primary N) is 1. The van der Waals surface area contributed by atoms with Crippen LogP contribution in [0, 0.1) is 5.82 Å². The van der Waals surface area contributed by atoms with Gasteiger partial charge in [-0.25, -0.2) is 19.2 Å². The van der Waals surface area contributed by atoms with E-state index in [1.807, 2.05) is 0 Å². The number of amides is 1. The number of morpholine rings is 1. The standard InChI is InChI=1S/C26H26FN9O6/c1-2-40-21-13-16(3-8-20(21)41-26(38)17-4-6-18(27)7-5-17)14-29-31-25(37)22-19(15-35-9-11-39-12-10-35)30-34-36(22)24-23(28)32-42-33-24/h3-8,13-14H,2,9-12,15H2,1H3,(H2,28,32)(H,31,37)/b29-14+. The van der Waals surface area contributed by atoms with Gasteiger partial charge in [0.05, 0.1) is 31.6 Å². The summed E-state index contributed by atoms with van der Waals surface area (Å²) in [5, 5.41) is 19.5. The Hall–Kier alpha value is -5.22. The van der Waals surface area contributed by atoms with Crippen molar-refractivity contribution in [3.8, 4) is 17.3 Å². The summed E-state index contributed by atoms with van der Waals surface area (Å²) in [6.45, 7) is 4.85. The Labute approximate surface area is 238 Å². The number of hydrazone groups is 1. The first-order chi connectivity index (χ1) is 20.4. The third-order valence-electron chi connectivity index (χ3n) is 6.06. The Morgan fingerprint density at radius 1 is 1.14 bits per heavy atom. The summed E-state index contributed by atoms with van der Waals surface area (Å²) in [5.74, 6) is -1.40. The molecule has 0 saturated carbocycles. The van der Waals surface area contributed by atoms with Gasteiger partial charge < -0.3 is 19.9 Å². The molecule has 1 fully saturated rings. The van der Waals surface area contributed by atoms with E-state index in [1.54, 1.807) is 19.1 Å². The Bertz CT molecular complexity index is 1580. The van der Waals surface area contributed by atoms with Gasteiger partial charge in [0.2, 0.25) is 11.6 Å². The van der Waals surface area contributed by atoms with Gasteiger partial charge in [0, 0.05) is 19.6 Å². The molecule has 2 aromatic carbocycles. The molecule has 2 aromatic heterocycles. The Morgan fingerprint density at radius 2 is 1.93 bits per heavy atom. The summed E-state index contributed by atoms with van der Waals surface area (Å²) in [7, 11) is 0. The molecule has 3 heterocycles. The molecule has 16 heteroatoms. The Kier molecular flexibility index (Phi) is 8.74. The molecule has 4 aromatic rings. The Balaban J connectivity index is 1.32. The van der Waals surface area contributed by atoms with E-state index in [2.05, 4.69) is 40.7 Å². The predicted molar refractivity (Wildman–Crippen MR) is 144 cm³/mol. The van der Waals surface area contributed by atoms with Crippen LogP contribution in [-0.4, -0.2) is 81.2 Å². The van der Waals surface area contributed by atoms with Gasteiger partial charge in [0.1, 0.15) is 11.5 Å². The molecule has 0 atom stereocenters. The molecule has 218 valence electrons. The van der Waals surface area contributed by atoms with Gasteiger partial charge in [-0.2, -0.15) is 9.78 Å².